The summed E-state index contributed by atoms with van der Waals surface area (Å²) < 4.78 is 4.75. The van der Waals surface area contributed by atoms with E-state index in [1.54, 1.807) is 6.92 Å². The van der Waals surface area contributed by atoms with Crippen LogP contribution in [0.1, 0.15) is 13.3 Å². The average molecular weight is 171 g/mol. The van der Waals surface area contributed by atoms with Gasteiger partial charge in [-0.3, -0.25) is 4.79 Å². The molecule has 0 aromatic carbocycles. The predicted octanol–water partition coefficient (Wildman–Crippen LogP) is 1.06. The Balaban J connectivity index is 3.40. The molecule has 0 spiro atoms. The second-order valence-corrected chi connectivity index (χ2v) is 2.74. The fourth-order valence-corrected chi connectivity index (χ4v) is 0.685. The number of rotatable bonds is 5. The van der Waals surface area contributed by atoms with Gasteiger partial charge in [0.05, 0.1) is 13.0 Å². The topological polar surface area (TPSA) is 29.5 Å². The number of hydrogen-bond acceptors (Lipinski definition) is 3. The lowest BCUT2D eigenvalue weighted by Crippen LogP contribution is -2.10. The van der Waals surface area contributed by atoms with E-state index in [0.717, 1.165) is 6.54 Å². The summed E-state index contributed by atoms with van der Waals surface area (Å²) in [6.07, 6.45) is 4.16. The summed E-state index contributed by atoms with van der Waals surface area (Å²) in [4.78, 5) is 12.8. The largest absolute Gasteiger partial charge is 0.466 e. The summed E-state index contributed by atoms with van der Waals surface area (Å²) in [7, 11) is 3.96. The highest BCUT2D eigenvalue weighted by molar-refractivity contribution is 5.71. The van der Waals surface area contributed by atoms with Crippen LogP contribution in [0.3, 0.4) is 0 Å². The zero-order valence-corrected chi connectivity index (χ0v) is 8.04. The maximum absolute atomic E-state index is 10.8. The number of carbonyl (C=O) groups is 1. The number of esters is 1. The molecule has 0 N–H and O–H groups in total. The van der Waals surface area contributed by atoms with Crippen molar-refractivity contribution in [3.8, 4) is 0 Å². The molecule has 3 heteroatoms. The monoisotopic (exact) mass is 171 g/mol. The van der Waals surface area contributed by atoms with Crippen molar-refractivity contribution < 1.29 is 9.53 Å². The molecule has 0 amide bonds. The molecular formula is C9H17NO2. The van der Waals surface area contributed by atoms with Crippen molar-refractivity contribution in [3.05, 3.63) is 12.2 Å². The Morgan fingerprint density at radius 3 is 2.58 bits per heavy atom. The molecule has 0 saturated heterocycles. The standard InChI is InChI=1S/C9H17NO2/c1-4-12-9(11)7-5-6-8-10(2)3/h5-6H,4,7-8H2,1-3H3/b6-5+. The van der Waals surface area contributed by atoms with Crippen molar-refractivity contribution >= 4 is 5.97 Å². The highest BCUT2D eigenvalue weighted by Crippen LogP contribution is 1.88. The van der Waals surface area contributed by atoms with Crippen LogP contribution in [0, 0.1) is 0 Å². The minimum atomic E-state index is -0.160. The van der Waals surface area contributed by atoms with Gasteiger partial charge in [0.25, 0.3) is 0 Å². The van der Waals surface area contributed by atoms with Crippen LogP contribution in [-0.4, -0.2) is 38.1 Å². The molecule has 0 atom stereocenters. The third-order valence-electron chi connectivity index (χ3n) is 1.23. The first-order chi connectivity index (χ1) is 5.66. The van der Waals surface area contributed by atoms with Crippen molar-refractivity contribution in [1.29, 1.82) is 0 Å². The molecule has 12 heavy (non-hydrogen) atoms. The van der Waals surface area contributed by atoms with Crippen molar-refractivity contribution in [2.24, 2.45) is 0 Å². The predicted molar refractivity (Wildman–Crippen MR) is 48.9 cm³/mol. The molecule has 0 bridgehead atoms. The molecule has 0 aliphatic rings. The van der Waals surface area contributed by atoms with Gasteiger partial charge in [-0.15, -0.1) is 0 Å². The zero-order chi connectivity index (χ0) is 9.40. The van der Waals surface area contributed by atoms with E-state index in [0.29, 0.717) is 13.0 Å². The number of likely N-dealkylation sites (N-methyl/N-ethyl adjacent to an activating group) is 1. The molecule has 0 aromatic rings. The van der Waals surface area contributed by atoms with E-state index in [-0.39, 0.29) is 5.97 Å². The molecule has 0 aromatic heterocycles. The molecule has 70 valence electrons. The summed E-state index contributed by atoms with van der Waals surface area (Å²) in [6.45, 7) is 3.13. The number of carbonyl (C=O) groups excluding carboxylic acids is 1. The van der Waals surface area contributed by atoms with Crippen molar-refractivity contribution in [2.45, 2.75) is 13.3 Å². The first-order valence-corrected chi connectivity index (χ1v) is 4.12. The minimum absolute atomic E-state index is 0.160. The number of ether oxygens (including phenoxy) is 1. The van der Waals surface area contributed by atoms with Gasteiger partial charge in [0, 0.05) is 6.54 Å². The van der Waals surface area contributed by atoms with Crippen LogP contribution in [0.5, 0.6) is 0 Å². The van der Waals surface area contributed by atoms with Crippen LogP contribution in [0.2, 0.25) is 0 Å². The maximum atomic E-state index is 10.8. The molecule has 0 rings (SSSR count). The lowest BCUT2D eigenvalue weighted by molar-refractivity contribution is -0.142. The molecule has 0 saturated carbocycles. The first kappa shape index (κ1) is 11.2. The Morgan fingerprint density at radius 1 is 1.42 bits per heavy atom. The van der Waals surface area contributed by atoms with Gasteiger partial charge in [-0.25, -0.2) is 0 Å². The Hall–Kier alpha value is -0.830. The second-order valence-electron chi connectivity index (χ2n) is 2.74. The molecule has 0 fully saturated rings. The van der Waals surface area contributed by atoms with Crippen LogP contribution in [0.4, 0.5) is 0 Å². The first-order valence-electron chi connectivity index (χ1n) is 4.12. The maximum Gasteiger partial charge on any atom is 0.309 e. The van der Waals surface area contributed by atoms with E-state index in [4.69, 9.17) is 4.74 Å². The average Bonchev–Trinajstić information content (AvgIpc) is 1.98. The van der Waals surface area contributed by atoms with Crippen LogP contribution >= 0.6 is 0 Å². The molecule has 0 radical (unpaired) electrons. The van der Waals surface area contributed by atoms with Gasteiger partial charge in [-0.2, -0.15) is 0 Å². The summed E-state index contributed by atoms with van der Waals surface area (Å²) in [5, 5.41) is 0. The highest BCUT2D eigenvalue weighted by atomic mass is 16.5. The van der Waals surface area contributed by atoms with Gasteiger partial charge in [-0.05, 0) is 21.0 Å². The van der Waals surface area contributed by atoms with Crippen molar-refractivity contribution in [2.75, 3.05) is 27.2 Å². The molecule has 0 unspecified atom stereocenters. The van der Waals surface area contributed by atoms with E-state index < -0.39 is 0 Å². The SMILES string of the molecule is CCOC(=O)C/C=C/CN(C)C. The Labute approximate surface area is 74.0 Å². The summed E-state index contributed by atoms with van der Waals surface area (Å²) >= 11 is 0. The fourth-order valence-electron chi connectivity index (χ4n) is 0.685. The Morgan fingerprint density at radius 2 is 2.08 bits per heavy atom. The lowest BCUT2D eigenvalue weighted by atomic mass is 10.4. The number of hydrogen-bond donors (Lipinski definition) is 0. The van der Waals surface area contributed by atoms with Crippen molar-refractivity contribution in [1.82, 2.24) is 4.90 Å². The molecule has 3 nitrogen and oxygen atoms in total. The minimum Gasteiger partial charge on any atom is -0.466 e. The zero-order valence-electron chi connectivity index (χ0n) is 8.04. The smallest absolute Gasteiger partial charge is 0.309 e. The summed E-state index contributed by atoms with van der Waals surface area (Å²) in [5.41, 5.74) is 0. The van der Waals surface area contributed by atoms with Gasteiger partial charge in [0.1, 0.15) is 0 Å². The van der Waals surface area contributed by atoms with Crippen LogP contribution in [0.25, 0.3) is 0 Å². The molecular weight excluding hydrogens is 154 g/mol. The van der Waals surface area contributed by atoms with Crippen LogP contribution < -0.4 is 0 Å². The molecule has 0 heterocycles. The number of nitrogens with zero attached hydrogens (tertiary/aromatic N) is 1. The summed E-state index contributed by atoms with van der Waals surface area (Å²) in [6, 6.07) is 0. The third-order valence-corrected chi connectivity index (χ3v) is 1.23. The summed E-state index contributed by atoms with van der Waals surface area (Å²) in [5.74, 6) is -0.160. The van der Waals surface area contributed by atoms with Gasteiger partial charge in [0.2, 0.25) is 0 Å². The normalized spacial score (nSPS) is 11.0. The van der Waals surface area contributed by atoms with Gasteiger partial charge >= 0.3 is 5.97 Å². The van der Waals surface area contributed by atoms with Gasteiger partial charge < -0.3 is 9.64 Å². The van der Waals surface area contributed by atoms with E-state index in [2.05, 4.69) is 0 Å². The Kier molecular flexibility index (Phi) is 6.38. The van der Waals surface area contributed by atoms with E-state index in [1.165, 1.54) is 0 Å². The molecule has 0 aliphatic heterocycles. The van der Waals surface area contributed by atoms with Gasteiger partial charge in [-0.1, -0.05) is 12.2 Å². The fraction of sp³-hybridized carbons (Fsp3) is 0.667. The Bertz CT molecular complexity index is 153. The van der Waals surface area contributed by atoms with Gasteiger partial charge in [0.15, 0.2) is 0 Å². The third kappa shape index (κ3) is 7.28. The molecule has 0 aliphatic carbocycles. The van der Waals surface area contributed by atoms with E-state index in [1.807, 2.05) is 31.1 Å². The quantitative estimate of drug-likeness (QED) is 0.457. The van der Waals surface area contributed by atoms with Crippen LogP contribution in [-0.2, 0) is 9.53 Å². The lowest BCUT2D eigenvalue weighted by Gasteiger charge is -2.03. The van der Waals surface area contributed by atoms with E-state index in [9.17, 15) is 4.79 Å². The van der Waals surface area contributed by atoms with E-state index >= 15 is 0 Å². The highest BCUT2D eigenvalue weighted by Gasteiger charge is 1.95. The van der Waals surface area contributed by atoms with Crippen LogP contribution in [0.15, 0.2) is 12.2 Å². The second kappa shape index (κ2) is 6.85. The van der Waals surface area contributed by atoms with Crippen molar-refractivity contribution in [3.63, 3.8) is 0 Å².